The zero-order chi connectivity index (χ0) is 25.1. The lowest BCUT2D eigenvalue weighted by atomic mass is 9.86. The highest BCUT2D eigenvalue weighted by molar-refractivity contribution is 6.32. The number of rotatable bonds is 8. The molecule has 5 rings (SSSR count). The van der Waals surface area contributed by atoms with Crippen LogP contribution >= 0.6 is 36.4 Å². The van der Waals surface area contributed by atoms with Gasteiger partial charge in [-0.3, -0.25) is 20.1 Å². The van der Waals surface area contributed by atoms with Crippen LogP contribution in [0.15, 0.2) is 30.6 Å². The largest absolute Gasteiger partial charge is 0.486 e. The Morgan fingerprint density at radius 2 is 1.89 bits per heavy atom. The summed E-state index contributed by atoms with van der Waals surface area (Å²) < 4.78 is 16.4. The maximum Gasteiger partial charge on any atom is 0.237 e. The van der Waals surface area contributed by atoms with Gasteiger partial charge in [-0.1, -0.05) is 11.6 Å². The van der Waals surface area contributed by atoms with Gasteiger partial charge in [0.2, 0.25) is 11.8 Å². The number of amides is 1. The van der Waals surface area contributed by atoms with Crippen molar-refractivity contribution in [1.29, 1.82) is 0 Å². The molecule has 2 aliphatic heterocycles. The number of halogens is 3. The lowest BCUT2D eigenvalue weighted by Crippen LogP contribution is -2.60. The number of carbonyl (C=O) groups is 1. The fraction of sp³-hybridized carbons (Fsp3) is 0.440. The van der Waals surface area contributed by atoms with Gasteiger partial charge in [0.15, 0.2) is 11.5 Å². The summed E-state index contributed by atoms with van der Waals surface area (Å²) in [6.07, 6.45) is 5.23. The first-order valence-corrected chi connectivity index (χ1v) is 12.4. The number of methoxy groups -OCH3 is 1. The summed E-state index contributed by atoms with van der Waals surface area (Å²) >= 11 is 6.49. The number of primary amides is 1. The molecule has 13 heteroatoms. The van der Waals surface area contributed by atoms with Gasteiger partial charge in [0.25, 0.3) is 0 Å². The maximum atomic E-state index is 12.5. The van der Waals surface area contributed by atoms with E-state index in [0.29, 0.717) is 61.4 Å². The number of pyridine rings is 3. The van der Waals surface area contributed by atoms with E-state index < -0.39 is 5.54 Å². The highest BCUT2D eigenvalue weighted by atomic mass is 35.5. The third-order valence-electron chi connectivity index (χ3n) is 6.90. The fourth-order valence-electron chi connectivity index (χ4n) is 4.71. The SMILES string of the molecule is COc1ccc2ncc(Cl)c(CCN3CCC(NCc4cc5c(cn4)OCCO5)(C(N)=O)CC3)c2n1.Cl.Cl. The summed E-state index contributed by atoms with van der Waals surface area (Å²) in [6, 6.07) is 5.51. The zero-order valence-corrected chi connectivity index (χ0v) is 23.3. The number of hydrogen-bond acceptors (Lipinski definition) is 9. The van der Waals surface area contributed by atoms with Crippen LogP contribution in [0.5, 0.6) is 17.4 Å². The minimum Gasteiger partial charge on any atom is -0.486 e. The highest BCUT2D eigenvalue weighted by Gasteiger charge is 2.39. The first-order valence-electron chi connectivity index (χ1n) is 12.0. The summed E-state index contributed by atoms with van der Waals surface area (Å²) in [7, 11) is 1.59. The molecule has 206 valence electrons. The van der Waals surface area contributed by atoms with Crippen molar-refractivity contribution < 1.29 is 19.0 Å². The molecule has 0 spiro atoms. The van der Waals surface area contributed by atoms with Gasteiger partial charge < -0.3 is 24.8 Å². The van der Waals surface area contributed by atoms with Gasteiger partial charge in [0, 0.05) is 50.1 Å². The topological polar surface area (TPSA) is 125 Å². The van der Waals surface area contributed by atoms with Crippen LogP contribution in [0.3, 0.4) is 0 Å². The van der Waals surface area contributed by atoms with Crippen molar-refractivity contribution in [2.24, 2.45) is 5.73 Å². The monoisotopic (exact) mass is 584 g/mol. The van der Waals surface area contributed by atoms with E-state index in [4.69, 9.17) is 31.5 Å². The maximum absolute atomic E-state index is 12.5. The number of aromatic nitrogens is 3. The molecule has 0 aromatic carbocycles. The quantitative estimate of drug-likeness (QED) is 0.410. The summed E-state index contributed by atoms with van der Waals surface area (Å²) in [5.74, 6) is 1.49. The number of fused-ring (bicyclic) bond motifs is 2. The number of nitrogens with two attached hydrogens (primary N) is 1. The molecular formula is C25H31Cl3N6O4. The molecule has 0 radical (unpaired) electrons. The van der Waals surface area contributed by atoms with Crippen molar-refractivity contribution in [3.05, 3.63) is 46.9 Å². The predicted molar refractivity (Wildman–Crippen MR) is 149 cm³/mol. The zero-order valence-electron chi connectivity index (χ0n) is 20.9. The Hall–Kier alpha value is -2.63. The first kappa shape index (κ1) is 29.9. The first-order chi connectivity index (χ1) is 17.5. The van der Waals surface area contributed by atoms with Gasteiger partial charge in [0.05, 0.1) is 35.1 Å². The highest BCUT2D eigenvalue weighted by Crippen LogP contribution is 2.30. The van der Waals surface area contributed by atoms with Crippen molar-refractivity contribution >= 4 is 53.4 Å². The van der Waals surface area contributed by atoms with Crippen LogP contribution in [-0.2, 0) is 17.8 Å². The van der Waals surface area contributed by atoms with Crippen LogP contribution in [0.2, 0.25) is 5.02 Å². The second-order valence-corrected chi connectivity index (χ2v) is 9.42. The minimum absolute atomic E-state index is 0. The third-order valence-corrected chi connectivity index (χ3v) is 7.23. The predicted octanol–water partition coefficient (Wildman–Crippen LogP) is 2.95. The molecule has 0 saturated carbocycles. The minimum atomic E-state index is -0.790. The lowest BCUT2D eigenvalue weighted by molar-refractivity contribution is -0.126. The number of nitrogens with zero attached hydrogens (tertiary/aromatic N) is 4. The van der Waals surface area contributed by atoms with E-state index >= 15 is 0 Å². The fourth-order valence-corrected chi connectivity index (χ4v) is 4.95. The van der Waals surface area contributed by atoms with Crippen LogP contribution in [0.4, 0.5) is 0 Å². The average Bonchev–Trinajstić information content (AvgIpc) is 2.91. The van der Waals surface area contributed by atoms with E-state index in [1.165, 1.54) is 0 Å². The molecule has 0 bridgehead atoms. The Morgan fingerprint density at radius 1 is 1.16 bits per heavy atom. The molecule has 1 fully saturated rings. The van der Waals surface area contributed by atoms with Crippen molar-refractivity contribution in [3.8, 4) is 17.4 Å². The Labute approximate surface area is 238 Å². The Kier molecular flexibility index (Phi) is 10.2. The molecule has 0 unspecified atom stereocenters. The van der Waals surface area contributed by atoms with Crippen LogP contribution in [-0.4, -0.2) is 71.3 Å². The van der Waals surface area contributed by atoms with E-state index in [0.717, 1.165) is 41.9 Å². The summed E-state index contributed by atoms with van der Waals surface area (Å²) in [5.41, 5.74) is 8.31. The summed E-state index contributed by atoms with van der Waals surface area (Å²) in [4.78, 5) is 28.2. The van der Waals surface area contributed by atoms with Gasteiger partial charge in [0.1, 0.15) is 18.8 Å². The number of likely N-dealkylation sites (tertiary alicyclic amines) is 1. The Morgan fingerprint density at radius 3 is 2.61 bits per heavy atom. The molecule has 5 heterocycles. The van der Waals surface area contributed by atoms with Gasteiger partial charge >= 0.3 is 0 Å². The van der Waals surface area contributed by atoms with Crippen LogP contribution in [0.1, 0.15) is 24.1 Å². The van der Waals surface area contributed by atoms with Gasteiger partial charge in [-0.2, -0.15) is 0 Å². The molecule has 1 saturated heterocycles. The molecule has 10 nitrogen and oxygen atoms in total. The number of piperidine rings is 1. The molecule has 3 aromatic rings. The lowest BCUT2D eigenvalue weighted by Gasteiger charge is -2.40. The smallest absolute Gasteiger partial charge is 0.237 e. The second kappa shape index (κ2) is 12.9. The molecule has 38 heavy (non-hydrogen) atoms. The van der Waals surface area contributed by atoms with E-state index in [-0.39, 0.29) is 30.7 Å². The standard InChI is InChI=1S/C25H29ClN6O4.2ClH/c1-34-22-3-2-19-23(31-22)17(18(26)14-29-19)4-7-32-8-5-25(6-9-32,24(27)33)30-13-16-12-20-21(15-28-16)36-11-10-35-20;;/h2-3,12,14-15,30H,4-11,13H2,1H3,(H2,27,33);2*1H. The van der Waals surface area contributed by atoms with Crippen molar-refractivity contribution in [2.45, 2.75) is 31.3 Å². The number of ether oxygens (including phenoxy) is 3. The van der Waals surface area contributed by atoms with Crippen LogP contribution in [0.25, 0.3) is 11.0 Å². The van der Waals surface area contributed by atoms with Crippen LogP contribution in [0, 0.1) is 0 Å². The molecule has 0 aliphatic carbocycles. The molecule has 0 atom stereocenters. The molecule has 2 aliphatic rings. The number of carbonyl (C=O) groups excluding carboxylic acids is 1. The molecular weight excluding hydrogens is 555 g/mol. The van der Waals surface area contributed by atoms with Gasteiger partial charge in [-0.15, -0.1) is 24.8 Å². The van der Waals surface area contributed by atoms with Crippen molar-refractivity contribution in [2.75, 3.05) is 40.0 Å². The summed E-state index contributed by atoms with van der Waals surface area (Å²) in [6.45, 7) is 3.66. The second-order valence-electron chi connectivity index (χ2n) is 9.02. The summed E-state index contributed by atoms with van der Waals surface area (Å²) in [5, 5.41) is 3.97. The Balaban J connectivity index is 0.00000200. The Bertz CT molecular complexity index is 1270. The molecule has 1 amide bonds. The molecule has 3 N–H and O–H groups in total. The van der Waals surface area contributed by atoms with E-state index in [1.807, 2.05) is 12.1 Å². The van der Waals surface area contributed by atoms with Crippen molar-refractivity contribution in [3.63, 3.8) is 0 Å². The van der Waals surface area contributed by atoms with Gasteiger partial charge in [-0.25, -0.2) is 4.98 Å². The normalized spacial score (nSPS) is 16.3. The van der Waals surface area contributed by atoms with E-state index in [9.17, 15) is 4.79 Å². The molecule has 3 aromatic heterocycles. The van der Waals surface area contributed by atoms with Crippen LogP contribution < -0.4 is 25.3 Å². The number of hydrogen-bond donors (Lipinski definition) is 2. The van der Waals surface area contributed by atoms with E-state index in [1.54, 1.807) is 25.6 Å². The van der Waals surface area contributed by atoms with Crippen molar-refractivity contribution in [1.82, 2.24) is 25.2 Å². The number of nitrogens with one attached hydrogen (secondary N) is 1. The van der Waals surface area contributed by atoms with Gasteiger partial charge in [-0.05, 0) is 25.3 Å². The average molecular weight is 586 g/mol. The third kappa shape index (κ3) is 6.32. The van der Waals surface area contributed by atoms with E-state index in [2.05, 4.69) is 25.2 Å².